The quantitative estimate of drug-likeness (QED) is 0.218. The lowest BCUT2D eigenvalue weighted by atomic mass is 9.80. The number of rotatable bonds is 11. The van der Waals surface area contributed by atoms with Crippen LogP contribution in [-0.2, 0) is 14.3 Å². The summed E-state index contributed by atoms with van der Waals surface area (Å²) in [5, 5.41) is 0. The minimum absolute atomic E-state index is 0.000750. The van der Waals surface area contributed by atoms with Gasteiger partial charge in [0.05, 0.1) is 24.4 Å². The number of ether oxygens (including phenoxy) is 2. The molecule has 0 N–H and O–H groups in total. The topological polar surface area (TPSA) is 38.8 Å². The summed E-state index contributed by atoms with van der Waals surface area (Å²) < 4.78 is 11.8. The molecular weight excluding hydrogens is 446 g/mol. The van der Waals surface area contributed by atoms with Gasteiger partial charge < -0.3 is 9.47 Å². The largest absolute Gasteiger partial charge is 0.495 e. The number of unbranched alkanes of at least 4 members (excludes halogenated alkanes) is 1. The fourth-order valence-corrected chi connectivity index (χ4v) is 6.68. The van der Waals surface area contributed by atoms with Crippen molar-refractivity contribution in [2.45, 2.75) is 110 Å². The molecule has 1 atom stereocenters. The number of hydrogen-bond acceptors (Lipinski definition) is 4. The molecule has 36 heavy (non-hydrogen) atoms. The Balaban J connectivity index is 1.18. The zero-order valence-electron chi connectivity index (χ0n) is 23.3. The van der Waals surface area contributed by atoms with Crippen molar-refractivity contribution in [2.24, 2.45) is 23.7 Å². The molecule has 4 nitrogen and oxygen atoms in total. The highest BCUT2D eigenvalue weighted by Gasteiger charge is 2.29. The van der Waals surface area contributed by atoms with Crippen LogP contribution in [0.1, 0.15) is 104 Å². The molecule has 0 bridgehead atoms. The van der Waals surface area contributed by atoms with Gasteiger partial charge in [0.25, 0.3) is 0 Å². The highest BCUT2D eigenvalue weighted by atomic mass is 16.5. The average molecular weight is 498 g/mol. The second kappa shape index (κ2) is 13.8. The molecule has 1 aliphatic heterocycles. The first-order valence-electron chi connectivity index (χ1n) is 15.2. The molecule has 0 aromatic carbocycles. The molecule has 0 amide bonds. The molecule has 4 aliphatic rings. The summed E-state index contributed by atoms with van der Waals surface area (Å²) in [4.78, 5) is 14.5. The van der Waals surface area contributed by atoms with Crippen LogP contribution < -0.4 is 0 Å². The smallest absolute Gasteiger partial charge is 0.309 e. The SMILES string of the molecule is CCOC(=O)C1CCN(CC2=CC3=CC=C(OC4CCC(CCCCC(C)C)CC4)CC3CC2)CC1. The van der Waals surface area contributed by atoms with Gasteiger partial charge in [0.2, 0.25) is 0 Å². The number of hydrogen-bond donors (Lipinski definition) is 0. The molecule has 1 saturated carbocycles. The van der Waals surface area contributed by atoms with Crippen molar-refractivity contribution in [1.29, 1.82) is 0 Å². The van der Waals surface area contributed by atoms with Gasteiger partial charge in [-0.3, -0.25) is 9.69 Å². The van der Waals surface area contributed by atoms with E-state index in [1.807, 2.05) is 6.92 Å². The van der Waals surface area contributed by atoms with Crippen molar-refractivity contribution in [3.05, 3.63) is 35.1 Å². The Morgan fingerprint density at radius 3 is 2.53 bits per heavy atom. The van der Waals surface area contributed by atoms with E-state index in [9.17, 15) is 4.79 Å². The number of esters is 1. The van der Waals surface area contributed by atoms with Gasteiger partial charge in [-0.15, -0.1) is 0 Å². The van der Waals surface area contributed by atoms with Crippen LogP contribution in [0.2, 0.25) is 0 Å². The molecule has 1 unspecified atom stereocenters. The monoisotopic (exact) mass is 497 g/mol. The summed E-state index contributed by atoms with van der Waals surface area (Å²) in [7, 11) is 0. The van der Waals surface area contributed by atoms with Crippen LogP contribution in [-0.4, -0.2) is 43.2 Å². The van der Waals surface area contributed by atoms with Crippen LogP contribution in [0.15, 0.2) is 35.1 Å². The minimum Gasteiger partial charge on any atom is -0.495 e. The fraction of sp³-hybridized carbons (Fsp3) is 0.781. The van der Waals surface area contributed by atoms with Crippen molar-refractivity contribution in [1.82, 2.24) is 4.90 Å². The molecule has 0 spiro atoms. The number of fused-ring (bicyclic) bond motifs is 1. The molecule has 0 aromatic heterocycles. The number of carbonyl (C=O) groups is 1. The zero-order chi connectivity index (χ0) is 25.3. The normalized spacial score (nSPS) is 27.7. The Bertz CT molecular complexity index is 794. The van der Waals surface area contributed by atoms with Gasteiger partial charge in [-0.05, 0) is 101 Å². The van der Waals surface area contributed by atoms with E-state index in [0.717, 1.165) is 50.7 Å². The minimum atomic E-state index is -0.000750. The Morgan fingerprint density at radius 2 is 1.81 bits per heavy atom. The highest BCUT2D eigenvalue weighted by molar-refractivity contribution is 5.72. The summed E-state index contributed by atoms with van der Waals surface area (Å²) in [5.74, 6) is 3.73. The van der Waals surface area contributed by atoms with E-state index in [1.54, 1.807) is 5.57 Å². The molecule has 202 valence electrons. The second-order valence-electron chi connectivity index (χ2n) is 12.3. The van der Waals surface area contributed by atoms with Gasteiger partial charge in [-0.2, -0.15) is 0 Å². The number of piperidine rings is 1. The lowest BCUT2D eigenvalue weighted by molar-refractivity contribution is -0.149. The van der Waals surface area contributed by atoms with E-state index < -0.39 is 0 Å². The van der Waals surface area contributed by atoms with Crippen molar-refractivity contribution in [3.63, 3.8) is 0 Å². The van der Waals surface area contributed by atoms with Gasteiger partial charge in [-0.1, -0.05) is 57.3 Å². The van der Waals surface area contributed by atoms with Crippen LogP contribution in [0.5, 0.6) is 0 Å². The molecule has 4 heteroatoms. The summed E-state index contributed by atoms with van der Waals surface area (Å²) >= 11 is 0. The number of allylic oxidation sites excluding steroid dienone is 5. The average Bonchev–Trinajstić information content (AvgIpc) is 2.88. The van der Waals surface area contributed by atoms with E-state index in [4.69, 9.17) is 9.47 Å². The van der Waals surface area contributed by atoms with Crippen LogP contribution in [0.4, 0.5) is 0 Å². The lowest BCUT2D eigenvalue weighted by Crippen LogP contribution is -2.38. The van der Waals surface area contributed by atoms with Crippen LogP contribution in [0.25, 0.3) is 0 Å². The molecule has 0 radical (unpaired) electrons. The van der Waals surface area contributed by atoms with Crippen molar-refractivity contribution < 1.29 is 14.3 Å². The third-order valence-corrected chi connectivity index (χ3v) is 8.96. The molecule has 1 saturated heterocycles. The first-order valence-corrected chi connectivity index (χ1v) is 15.2. The Kier molecular flexibility index (Phi) is 10.6. The zero-order valence-corrected chi connectivity index (χ0v) is 23.3. The fourth-order valence-electron chi connectivity index (χ4n) is 6.68. The molecular formula is C32H51NO3. The summed E-state index contributed by atoms with van der Waals surface area (Å²) in [6, 6.07) is 0. The molecule has 0 aromatic rings. The molecule has 1 heterocycles. The van der Waals surface area contributed by atoms with Gasteiger partial charge >= 0.3 is 5.97 Å². The Morgan fingerprint density at radius 1 is 1.03 bits per heavy atom. The highest BCUT2D eigenvalue weighted by Crippen LogP contribution is 2.38. The predicted molar refractivity (Wildman–Crippen MR) is 148 cm³/mol. The third kappa shape index (κ3) is 8.23. The van der Waals surface area contributed by atoms with Gasteiger partial charge in [0, 0.05) is 13.0 Å². The Labute approximate surface area is 220 Å². The first-order chi connectivity index (χ1) is 17.5. The van der Waals surface area contributed by atoms with E-state index in [0.29, 0.717) is 18.6 Å². The number of nitrogens with zero attached hydrogens (tertiary/aromatic N) is 1. The number of likely N-dealkylation sites (tertiary alicyclic amines) is 1. The van der Waals surface area contributed by atoms with Gasteiger partial charge in [0.1, 0.15) is 0 Å². The number of carbonyl (C=O) groups excluding carboxylic acids is 1. The van der Waals surface area contributed by atoms with Crippen molar-refractivity contribution in [2.75, 3.05) is 26.2 Å². The van der Waals surface area contributed by atoms with Gasteiger partial charge in [0.15, 0.2) is 0 Å². The summed E-state index contributed by atoms with van der Waals surface area (Å²) in [5.41, 5.74) is 3.05. The third-order valence-electron chi connectivity index (χ3n) is 8.96. The van der Waals surface area contributed by atoms with Crippen LogP contribution in [0, 0.1) is 23.7 Å². The van der Waals surface area contributed by atoms with Gasteiger partial charge in [-0.25, -0.2) is 0 Å². The maximum atomic E-state index is 12.0. The predicted octanol–water partition coefficient (Wildman–Crippen LogP) is 7.60. The summed E-state index contributed by atoms with van der Waals surface area (Å²) in [6.07, 6.45) is 23.7. The second-order valence-corrected chi connectivity index (χ2v) is 12.3. The van der Waals surface area contributed by atoms with E-state index in [1.165, 1.54) is 75.5 Å². The van der Waals surface area contributed by atoms with E-state index in [-0.39, 0.29) is 11.9 Å². The molecule has 2 fully saturated rings. The maximum absolute atomic E-state index is 12.0. The van der Waals surface area contributed by atoms with Crippen LogP contribution >= 0.6 is 0 Å². The van der Waals surface area contributed by atoms with Crippen LogP contribution in [0.3, 0.4) is 0 Å². The molecule has 4 rings (SSSR count). The molecule has 3 aliphatic carbocycles. The first kappa shape index (κ1) is 27.5. The van der Waals surface area contributed by atoms with Crippen molar-refractivity contribution in [3.8, 4) is 0 Å². The van der Waals surface area contributed by atoms with E-state index >= 15 is 0 Å². The Hall–Kier alpha value is -1.55. The maximum Gasteiger partial charge on any atom is 0.309 e. The summed E-state index contributed by atoms with van der Waals surface area (Å²) in [6.45, 7) is 10.1. The van der Waals surface area contributed by atoms with E-state index in [2.05, 4.69) is 37.0 Å². The van der Waals surface area contributed by atoms with Crippen molar-refractivity contribution >= 4 is 5.97 Å². The standard InChI is InChI=1S/C32H51NO3/c1-4-35-32(34)27-17-19-33(20-18-27)23-26-9-12-29-22-31(16-13-28(29)21-26)36-30-14-10-25(11-15-30)8-6-5-7-24(2)3/h13,16,21,24-25,27,29-30H,4-12,14-15,17-20,22-23H2,1-3H3. The lowest BCUT2D eigenvalue weighted by Gasteiger charge is -2.35.